The minimum absolute atomic E-state index is 0.366. The first-order valence-corrected chi connectivity index (χ1v) is 7.01. The molecule has 1 aromatic carbocycles. The van der Waals surface area contributed by atoms with Gasteiger partial charge in [0.25, 0.3) is 0 Å². The summed E-state index contributed by atoms with van der Waals surface area (Å²) in [6.45, 7) is 4.37. The third-order valence-electron chi connectivity index (χ3n) is 4.08. The second-order valence-corrected chi connectivity index (χ2v) is 5.30. The number of ether oxygens (including phenoxy) is 1. The van der Waals surface area contributed by atoms with E-state index in [1.165, 1.54) is 24.0 Å². The van der Waals surface area contributed by atoms with Crippen LogP contribution in [-0.2, 0) is 4.74 Å². The standard InChI is InChI=1S/C15H22N2O/c16-11-15(17-7-9-18-10-8-17)14-4-2-1-3-13(14)12-5-6-12/h1-4,12,15H,5-11,16H2. The maximum atomic E-state index is 6.04. The Labute approximate surface area is 109 Å². The number of hydrogen-bond acceptors (Lipinski definition) is 3. The van der Waals surface area contributed by atoms with Crippen LogP contribution in [0.4, 0.5) is 0 Å². The molecule has 1 unspecified atom stereocenters. The smallest absolute Gasteiger partial charge is 0.0594 e. The van der Waals surface area contributed by atoms with Gasteiger partial charge < -0.3 is 10.5 Å². The molecule has 0 amide bonds. The van der Waals surface area contributed by atoms with Crippen LogP contribution in [0, 0.1) is 0 Å². The second-order valence-electron chi connectivity index (χ2n) is 5.30. The van der Waals surface area contributed by atoms with Gasteiger partial charge in [0.05, 0.1) is 13.2 Å². The topological polar surface area (TPSA) is 38.5 Å². The highest BCUT2D eigenvalue weighted by Gasteiger charge is 2.30. The molecule has 1 atom stereocenters. The third kappa shape index (κ3) is 2.44. The normalized spacial score (nSPS) is 22.9. The van der Waals surface area contributed by atoms with Crippen molar-refractivity contribution < 1.29 is 4.74 Å². The Bertz CT molecular complexity index is 397. The summed E-state index contributed by atoms with van der Waals surface area (Å²) in [7, 11) is 0. The molecule has 1 aliphatic carbocycles. The van der Waals surface area contributed by atoms with Crippen molar-refractivity contribution in [3.8, 4) is 0 Å². The highest BCUT2D eigenvalue weighted by molar-refractivity contribution is 5.35. The van der Waals surface area contributed by atoms with Gasteiger partial charge in [-0.2, -0.15) is 0 Å². The van der Waals surface area contributed by atoms with Crippen LogP contribution in [-0.4, -0.2) is 37.7 Å². The predicted octanol–water partition coefficient (Wildman–Crippen LogP) is 1.90. The van der Waals surface area contributed by atoms with Crippen molar-refractivity contribution in [3.63, 3.8) is 0 Å². The maximum absolute atomic E-state index is 6.04. The Balaban J connectivity index is 1.85. The monoisotopic (exact) mass is 246 g/mol. The fourth-order valence-electron chi connectivity index (χ4n) is 2.94. The summed E-state index contributed by atoms with van der Waals surface area (Å²) in [5.74, 6) is 0.788. The van der Waals surface area contributed by atoms with E-state index >= 15 is 0 Å². The Morgan fingerprint density at radius 3 is 2.61 bits per heavy atom. The van der Waals surface area contributed by atoms with E-state index in [9.17, 15) is 0 Å². The van der Waals surface area contributed by atoms with Crippen LogP contribution in [0.2, 0.25) is 0 Å². The first kappa shape index (κ1) is 12.2. The number of rotatable bonds is 4. The molecule has 1 saturated heterocycles. The minimum atomic E-state index is 0.366. The molecule has 98 valence electrons. The SMILES string of the molecule is NCC(c1ccccc1C1CC1)N1CCOCC1. The van der Waals surface area contributed by atoms with Crippen LogP contribution < -0.4 is 5.73 Å². The molecule has 2 aliphatic rings. The van der Waals surface area contributed by atoms with Gasteiger partial charge in [0.15, 0.2) is 0 Å². The van der Waals surface area contributed by atoms with Crippen LogP contribution in [0.25, 0.3) is 0 Å². The van der Waals surface area contributed by atoms with Crippen molar-refractivity contribution in [2.45, 2.75) is 24.8 Å². The van der Waals surface area contributed by atoms with E-state index in [2.05, 4.69) is 29.2 Å². The van der Waals surface area contributed by atoms with Gasteiger partial charge in [-0.15, -0.1) is 0 Å². The molecule has 1 aromatic rings. The van der Waals surface area contributed by atoms with Crippen molar-refractivity contribution in [1.82, 2.24) is 4.90 Å². The van der Waals surface area contributed by atoms with Gasteiger partial charge in [-0.3, -0.25) is 4.90 Å². The second kappa shape index (κ2) is 5.39. The average molecular weight is 246 g/mol. The predicted molar refractivity (Wildman–Crippen MR) is 72.6 cm³/mol. The molecule has 1 aliphatic heterocycles. The van der Waals surface area contributed by atoms with Gasteiger partial charge in [0, 0.05) is 25.7 Å². The average Bonchev–Trinajstić information content (AvgIpc) is 3.26. The van der Waals surface area contributed by atoms with E-state index in [1.807, 2.05) is 0 Å². The summed E-state index contributed by atoms with van der Waals surface area (Å²) < 4.78 is 5.44. The lowest BCUT2D eigenvalue weighted by molar-refractivity contribution is 0.0177. The lowest BCUT2D eigenvalue weighted by atomic mass is 9.96. The first-order chi connectivity index (χ1) is 8.90. The Morgan fingerprint density at radius 2 is 1.94 bits per heavy atom. The molecule has 3 nitrogen and oxygen atoms in total. The number of morpholine rings is 1. The lowest BCUT2D eigenvalue weighted by Crippen LogP contribution is -2.42. The molecule has 0 radical (unpaired) electrons. The fourth-order valence-corrected chi connectivity index (χ4v) is 2.94. The van der Waals surface area contributed by atoms with Gasteiger partial charge in [-0.05, 0) is 29.9 Å². The zero-order chi connectivity index (χ0) is 12.4. The molecule has 2 fully saturated rings. The number of nitrogens with two attached hydrogens (primary N) is 1. The molecular weight excluding hydrogens is 224 g/mol. The third-order valence-corrected chi connectivity index (χ3v) is 4.08. The largest absolute Gasteiger partial charge is 0.379 e. The van der Waals surface area contributed by atoms with Crippen LogP contribution in [0.5, 0.6) is 0 Å². The van der Waals surface area contributed by atoms with Crippen molar-refractivity contribution in [1.29, 1.82) is 0 Å². The van der Waals surface area contributed by atoms with E-state index < -0.39 is 0 Å². The molecule has 3 heteroatoms. The minimum Gasteiger partial charge on any atom is -0.379 e. The summed E-state index contributed by atoms with van der Waals surface area (Å²) in [5, 5.41) is 0. The molecule has 0 aromatic heterocycles. The first-order valence-electron chi connectivity index (χ1n) is 7.01. The van der Waals surface area contributed by atoms with Crippen LogP contribution in [0.15, 0.2) is 24.3 Å². The number of nitrogens with zero attached hydrogens (tertiary/aromatic N) is 1. The Morgan fingerprint density at radius 1 is 1.22 bits per heavy atom. The van der Waals surface area contributed by atoms with E-state index in [0.29, 0.717) is 12.6 Å². The fraction of sp³-hybridized carbons (Fsp3) is 0.600. The van der Waals surface area contributed by atoms with Crippen molar-refractivity contribution >= 4 is 0 Å². The molecule has 18 heavy (non-hydrogen) atoms. The summed E-state index contributed by atoms with van der Waals surface area (Å²) in [6.07, 6.45) is 2.69. The highest BCUT2D eigenvalue weighted by atomic mass is 16.5. The summed E-state index contributed by atoms with van der Waals surface area (Å²) in [6, 6.07) is 9.22. The van der Waals surface area contributed by atoms with E-state index in [0.717, 1.165) is 32.2 Å². The summed E-state index contributed by atoms with van der Waals surface area (Å²) >= 11 is 0. The van der Waals surface area contributed by atoms with Crippen molar-refractivity contribution in [2.24, 2.45) is 5.73 Å². The number of benzene rings is 1. The maximum Gasteiger partial charge on any atom is 0.0594 e. The summed E-state index contributed by atoms with van der Waals surface area (Å²) in [4.78, 5) is 2.48. The van der Waals surface area contributed by atoms with E-state index in [4.69, 9.17) is 10.5 Å². The lowest BCUT2D eigenvalue weighted by Gasteiger charge is -2.35. The summed E-state index contributed by atoms with van der Waals surface area (Å²) in [5.41, 5.74) is 9.02. The van der Waals surface area contributed by atoms with E-state index in [1.54, 1.807) is 0 Å². The van der Waals surface area contributed by atoms with Gasteiger partial charge in [0.2, 0.25) is 0 Å². The molecule has 0 spiro atoms. The van der Waals surface area contributed by atoms with Crippen LogP contribution in [0.3, 0.4) is 0 Å². The Kier molecular flexibility index (Phi) is 3.64. The Hall–Kier alpha value is -0.900. The van der Waals surface area contributed by atoms with Gasteiger partial charge in [-0.1, -0.05) is 24.3 Å². The molecule has 1 saturated carbocycles. The quantitative estimate of drug-likeness (QED) is 0.882. The zero-order valence-electron chi connectivity index (χ0n) is 10.8. The molecular formula is C15H22N2O. The van der Waals surface area contributed by atoms with Gasteiger partial charge >= 0.3 is 0 Å². The molecule has 0 bridgehead atoms. The highest BCUT2D eigenvalue weighted by Crippen LogP contribution is 2.43. The molecule has 1 heterocycles. The van der Waals surface area contributed by atoms with Crippen molar-refractivity contribution in [3.05, 3.63) is 35.4 Å². The molecule has 2 N–H and O–H groups in total. The van der Waals surface area contributed by atoms with Crippen LogP contribution >= 0.6 is 0 Å². The van der Waals surface area contributed by atoms with E-state index in [-0.39, 0.29) is 0 Å². The van der Waals surface area contributed by atoms with Gasteiger partial charge in [0.1, 0.15) is 0 Å². The van der Waals surface area contributed by atoms with Crippen LogP contribution in [0.1, 0.15) is 35.9 Å². The van der Waals surface area contributed by atoms with Crippen molar-refractivity contribution in [2.75, 3.05) is 32.8 Å². The number of hydrogen-bond donors (Lipinski definition) is 1. The molecule has 3 rings (SSSR count). The zero-order valence-corrected chi connectivity index (χ0v) is 10.8. The van der Waals surface area contributed by atoms with Gasteiger partial charge in [-0.25, -0.2) is 0 Å².